The number of aliphatic carboxylic acids is 1. The molecular formula is C27H28N6O5S2. The molecule has 208 valence electrons. The highest BCUT2D eigenvalue weighted by Crippen LogP contribution is 2.21. The summed E-state index contributed by atoms with van der Waals surface area (Å²) in [5, 5.41) is 12.6. The second-order valence-electron chi connectivity index (χ2n) is 8.10. The van der Waals surface area contributed by atoms with E-state index in [-0.39, 0.29) is 26.2 Å². The number of carboxylic acid groups (broad SMARTS) is 1. The van der Waals surface area contributed by atoms with Gasteiger partial charge in [0.05, 0.1) is 25.4 Å². The molecule has 0 saturated carbocycles. The van der Waals surface area contributed by atoms with E-state index in [9.17, 15) is 9.59 Å². The number of nitrogens with two attached hydrogens (primary N) is 1. The zero-order valence-electron chi connectivity index (χ0n) is 21.0. The lowest BCUT2D eigenvalue weighted by Gasteiger charge is -1.99. The molecule has 6 rings (SSSR count). The highest BCUT2D eigenvalue weighted by Gasteiger charge is 2.12. The van der Waals surface area contributed by atoms with E-state index in [1.165, 1.54) is 28.9 Å². The standard InChI is InChI=1S/C13H11N3O2S.C9H7NO3.C4H6N2S.CH4/c1-8-6-15-13(19-8)16-11(17)5-9-7-18-10-3-2-4-14-12(9)10;11-8(12)4-6-5-13-7-2-1-3-10-9(6)7;1-3-2-6-4(5)7-3;/h2-4,6-7H,5H2,1H3,(H,15,16,17);1-3,5H,4H2,(H,11,12);2H,1H3,(H2,5,6);1H4. The maximum absolute atomic E-state index is 11.9. The molecule has 0 saturated heterocycles. The largest absolute Gasteiger partial charge is 0.481 e. The second kappa shape index (κ2) is 14.0. The van der Waals surface area contributed by atoms with E-state index >= 15 is 0 Å². The molecule has 0 bridgehead atoms. The van der Waals surface area contributed by atoms with E-state index in [0.29, 0.717) is 32.5 Å². The lowest BCUT2D eigenvalue weighted by atomic mass is 10.2. The minimum Gasteiger partial charge on any atom is -0.481 e. The number of carbonyl (C=O) groups is 2. The normalized spacial score (nSPS) is 10.2. The van der Waals surface area contributed by atoms with E-state index < -0.39 is 5.97 Å². The minimum atomic E-state index is -0.881. The van der Waals surface area contributed by atoms with E-state index in [2.05, 4.69) is 25.3 Å². The molecule has 0 aliphatic carbocycles. The number of pyridine rings is 2. The zero-order valence-corrected chi connectivity index (χ0v) is 22.6. The Bertz CT molecular complexity index is 1690. The van der Waals surface area contributed by atoms with Gasteiger partial charge in [-0.2, -0.15) is 0 Å². The molecule has 0 fully saturated rings. The predicted octanol–water partition coefficient (Wildman–Crippen LogP) is 5.90. The van der Waals surface area contributed by atoms with Crippen molar-refractivity contribution < 1.29 is 23.5 Å². The zero-order chi connectivity index (χ0) is 27.8. The molecule has 0 aliphatic rings. The lowest BCUT2D eigenvalue weighted by Crippen LogP contribution is -2.13. The first-order valence-corrected chi connectivity index (χ1v) is 13.2. The van der Waals surface area contributed by atoms with Crippen molar-refractivity contribution in [2.45, 2.75) is 34.1 Å². The molecule has 1 amide bonds. The van der Waals surface area contributed by atoms with Gasteiger partial charge in [0.25, 0.3) is 0 Å². The summed E-state index contributed by atoms with van der Waals surface area (Å²) < 4.78 is 10.5. The average Bonchev–Trinajstić information content (AvgIpc) is 3.69. The molecule has 40 heavy (non-hydrogen) atoms. The van der Waals surface area contributed by atoms with Gasteiger partial charge in [0, 0.05) is 45.7 Å². The van der Waals surface area contributed by atoms with Crippen molar-refractivity contribution in [3.63, 3.8) is 0 Å². The molecule has 6 heterocycles. The third-order valence-electron chi connectivity index (χ3n) is 5.01. The monoisotopic (exact) mass is 580 g/mol. The Hall–Kier alpha value is -4.62. The average molecular weight is 581 g/mol. The summed E-state index contributed by atoms with van der Waals surface area (Å²) in [5.41, 5.74) is 9.35. The fourth-order valence-electron chi connectivity index (χ4n) is 3.37. The summed E-state index contributed by atoms with van der Waals surface area (Å²) in [6.45, 7) is 3.93. The number of nitrogens with one attached hydrogen (secondary N) is 1. The first-order valence-electron chi connectivity index (χ1n) is 11.5. The van der Waals surface area contributed by atoms with Crippen LogP contribution < -0.4 is 11.1 Å². The van der Waals surface area contributed by atoms with Crippen molar-refractivity contribution in [1.82, 2.24) is 19.9 Å². The van der Waals surface area contributed by atoms with Crippen molar-refractivity contribution in [3.05, 3.63) is 82.5 Å². The Morgan fingerprint density at radius 2 is 1.43 bits per heavy atom. The topological polar surface area (TPSA) is 170 Å². The number of anilines is 2. The maximum Gasteiger partial charge on any atom is 0.308 e. The van der Waals surface area contributed by atoms with Gasteiger partial charge in [0.1, 0.15) is 11.0 Å². The van der Waals surface area contributed by atoms with Crippen LogP contribution in [0.4, 0.5) is 10.3 Å². The molecule has 6 aromatic heterocycles. The van der Waals surface area contributed by atoms with Gasteiger partial charge in [-0.25, -0.2) is 9.97 Å². The van der Waals surface area contributed by atoms with Crippen LogP contribution in [0.15, 0.2) is 70.4 Å². The van der Waals surface area contributed by atoms with Gasteiger partial charge < -0.3 is 25.0 Å². The highest BCUT2D eigenvalue weighted by molar-refractivity contribution is 7.15. The minimum absolute atomic E-state index is 0. The van der Waals surface area contributed by atoms with Gasteiger partial charge in [-0.15, -0.1) is 22.7 Å². The molecule has 4 N–H and O–H groups in total. The van der Waals surface area contributed by atoms with Crippen molar-refractivity contribution in [1.29, 1.82) is 0 Å². The van der Waals surface area contributed by atoms with E-state index in [4.69, 9.17) is 19.7 Å². The number of aromatic nitrogens is 4. The Balaban J connectivity index is 0.000000182. The van der Waals surface area contributed by atoms with Crippen molar-refractivity contribution in [2.75, 3.05) is 11.1 Å². The van der Waals surface area contributed by atoms with Gasteiger partial charge in [-0.05, 0) is 38.1 Å². The van der Waals surface area contributed by atoms with Crippen LogP contribution in [0.2, 0.25) is 0 Å². The third-order valence-corrected chi connectivity index (χ3v) is 6.58. The number of amides is 1. The van der Waals surface area contributed by atoms with Crippen LogP contribution in [0.5, 0.6) is 0 Å². The van der Waals surface area contributed by atoms with Crippen molar-refractivity contribution in [2.24, 2.45) is 0 Å². The number of rotatable bonds is 5. The number of hydrogen-bond donors (Lipinski definition) is 3. The summed E-state index contributed by atoms with van der Waals surface area (Å²) >= 11 is 2.96. The number of thiazole rings is 2. The van der Waals surface area contributed by atoms with E-state index in [1.54, 1.807) is 49.2 Å². The smallest absolute Gasteiger partial charge is 0.308 e. The number of carboxylic acids is 1. The highest BCUT2D eigenvalue weighted by atomic mass is 32.1. The van der Waals surface area contributed by atoms with Crippen LogP contribution in [-0.2, 0) is 22.4 Å². The van der Waals surface area contributed by atoms with Crippen LogP contribution >= 0.6 is 22.7 Å². The Kier molecular flexibility index (Phi) is 10.4. The second-order valence-corrected chi connectivity index (χ2v) is 10.6. The molecule has 11 nitrogen and oxygen atoms in total. The van der Waals surface area contributed by atoms with Gasteiger partial charge in [0.15, 0.2) is 21.4 Å². The summed E-state index contributed by atoms with van der Waals surface area (Å²) in [6.07, 6.45) is 9.98. The first kappa shape index (κ1) is 29.9. The number of aryl methyl sites for hydroxylation is 2. The number of furan rings is 2. The fourth-order valence-corrected chi connectivity index (χ4v) is 4.59. The summed E-state index contributed by atoms with van der Waals surface area (Å²) in [6, 6.07) is 7.13. The van der Waals surface area contributed by atoms with Crippen LogP contribution in [0.1, 0.15) is 28.3 Å². The van der Waals surface area contributed by atoms with Gasteiger partial charge in [0.2, 0.25) is 5.91 Å². The third kappa shape index (κ3) is 8.19. The predicted molar refractivity (Wildman–Crippen MR) is 157 cm³/mol. The molecule has 0 aromatic carbocycles. The first-order chi connectivity index (χ1) is 18.8. The van der Waals surface area contributed by atoms with Gasteiger partial charge >= 0.3 is 5.97 Å². The number of nitrogen functional groups attached to an aromatic ring is 1. The molecule has 0 radical (unpaired) electrons. The molecule has 0 atom stereocenters. The van der Waals surface area contributed by atoms with E-state index in [0.717, 1.165) is 20.8 Å². The molecular weight excluding hydrogens is 552 g/mol. The molecule has 0 spiro atoms. The summed E-state index contributed by atoms with van der Waals surface area (Å²) in [5.74, 6) is -1.00. The van der Waals surface area contributed by atoms with Crippen LogP contribution in [0.3, 0.4) is 0 Å². The van der Waals surface area contributed by atoms with Gasteiger partial charge in [-0.1, -0.05) is 7.43 Å². The van der Waals surface area contributed by atoms with Crippen LogP contribution in [-0.4, -0.2) is 36.9 Å². The fraction of sp³-hybridized carbons (Fsp3) is 0.185. The van der Waals surface area contributed by atoms with E-state index in [1.807, 2.05) is 19.9 Å². The van der Waals surface area contributed by atoms with Crippen molar-refractivity contribution in [3.8, 4) is 0 Å². The summed E-state index contributed by atoms with van der Waals surface area (Å²) in [7, 11) is 0. The number of nitrogens with zero attached hydrogens (tertiary/aromatic N) is 4. The maximum atomic E-state index is 11.9. The number of carbonyl (C=O) groups excluding carboxylic acids is 1. The van der Waals surface area contributed by atoms with Crippen molar-refractivity contribution >= 4 is 67.0 Å². The molecule has 6 aromatic rings. The number of hydrogen-bond acceptors (Lipinski definition) is 11. The van der Waals surface area contributed by atoms with Gasteiger partial charge in [-0.3, -0.25) is 19.6 Å². The lowest BCUT2D eigenvalue weighted by molar-refractivity contribution is -0.136. The Morgan fingerprint density at radius 3 is 1.88 bits per heavy atom. The summed E-state index contributed by atoms with van der Waals surface area (Å²) in [4.78, 5) is 40.7. The Morgan fingerprint density at radius 1 is 0.875 bits per heavy atom. The quantitative estimate of drug-likeness (QED) is 0.223. The molecule has 0 aliphatic heterocycles. The SMILES string of the molecule is C.Cc1cnc(N)s1.Cc1cnc(NC(=O)Cc2coc3cccnc23)s1.O=C(O)Cc1coc2cccnc12. The molecule has 13 heteroatoms. The van der Waals surface area contributed by atoms with Crippen LogP contribution in [0.25, 0.3) is 22.2 Å². The number of fused-ring (bicyclic) bond motifs is 2. The Labute approximate surface area is 237 Å². The van der Waals surface area contributed by atoms with Crippen LogP contribution in [0, 0.1) is 13.8 Å². The molecule has 0 unspecified atom stereocenters.